The molecule has 0 radical (unpaired) electrons. The molecule has 0 bridgehead atoms. The van der Waals surface area contributed by atoms with Crippen LogP contribution in [-0.4, -0.2) is 49.3 Å². The molecule has 1 unspecified atom stereocenters. The Hall–Kier alpha value is -2.72. The summed E-state index contributed by atoms with van der Waals surface area (Å²) in [5.41, 5.74) is 1.20. The third kappa shape index (κ3) is 4.80. The van der Waals surface area contributed by atoms with Crippen LogP contribution in [0.3, 0.4) is 0 Å². The number of esters is 1. The van der Waals surface area contributed by atoms with E-state index in [-0.39, 0.29) is 36.1 Å². The normalized spacial score (nSPS) is 17.4. The van der Waals surface area contributed by atoms with E-state index in [0.29, 0.717) is 29.9 Å². The molecule has 1 atom stereocenters. The highest BCUT2D eigenvalue weighted by Gasteiger charge is 2.38. The molecule has 2 aromatic rings. The molecule has 0 aliphatic carbocycles. The van der Waals surface area contributed by atoms with Crippen LogP contribution in [0.1, 0.15) is 41.5 Å². The van der Waals surface area contributed by atoms with Gasteiger partial charge in [-0.2, -0.15) is 4.31 Å². The summed E-state index contributed by atoms with van der Waals surface area (Å²) in [6, 6.07) is 5.37. The first kappa shape index (κ1) is 23.0. The summed E-state index contributed by atoms with van der Waals surface area (Å²) >= 11 is 0. The van der Waals surface area contributed by atoms with E-state index >= 15 is 0 Å². The van der Waals surface area contributed by atoms with Crippen LogP contribution in [-0.2, 0) is 19.6 Å². The first-order chi connectivity index (χ1) is 14.6. The second-order valence-electron chi connectivity index (χ2n) is 7.50. The Labute approximate surface area is 180 Å². The lowest BCUT2D eigenvalue weighted by atomic mass is 9.99. The van der Waals surface area contributed by atoms with Gasteiger partial charge in [0.25, 0.3) is 0 Å². The van der Waals surface area contributed by atoms with Crippen LogP contribution in [0.4, 0.5) is 10.1 Å². The number of hydrogen-bond donors (Lipinski definition) is 2. The third-order valence-corrected chi connectivity index (χ3v) is 7.30. The van der Waals surface area contributed by atoms with Gasteiger partial charge in [-0.05, 0) is 57.9 Å². The lowest BCUT2D eigenvalue weighted by molar-refractivity contribution is -0.120. The van der Waals surface area contributed by atoms with Gasteiger partial charge in [-0.15, -0.1) is 0 Å². The van der Waals surface area contributed by atoms with Crippen molar-refractivity contribution in [2.45, 2.75) is 38.5 Å². The number of aryl methyl sites for hydroxylation is 2. The molecule has 1 aromatic heterocycles. The maximum absolute atomic E-state index is 13.4. The van der Waals surface area contributed by atoms with Crippen LogP contribution in [0, 0.1) is 25.6 Å². The minimum atomic E-state index is -4.04. The highest BCUT2D eigenvalue weighted by molar-refractivity contribution is 7.89. The molecule has 0 saturated carbocycles. The number of aromatic nitrogens is 1. The molecule has 1 aliphatic rings. The Balaban J connectivity index is 1.83. The summed E-state index contributed by atoms with van der Waals surface area (Å²) in [6.45, 7) is 5.21. The molecule has 31 heavy (non-hydrogen) atoms. The number of carbonyl (C=O) groups is 2. The van der Waals surface area contributed by atoms with Crippen molar-refractivity contribution in [2.75, 3.05) is 25.0 Å². The molecule has 1 aliphatic heterocycles. The Morgan fingerprint density at radius 2 is 1.90 bits per heavy atom. The lowest BCUT2D eigenvalue weighted by Gasteiger charge is -2.31. The zero-order valence-electron chi connectivity index (χ0n) is 17.7. The van der Waals surface area contributed by atoms with Crippen LogP contribution >= 0.6 is 0 Å². The average Bonchev–Trinajstić information content (AvgIpc) is 3.04. The van der Waals surface area contributed by atoms with Crippen LogP contribution in [0.2, 0.25) is 0 Å². The van der Waals surface area contributed by atoms with Crippen molar-refractivity contribution < 1.29 is 27.1 Å². The highest BCUT2D eigenvalue weighted by Crippen LogP contribution is 2.31. The average molecular weight is 452 g/mol. The molecule has 10 heteroatoms. The number of rotatable bonds is 6. The fourth-order valence-electron chi connectivity index (χ4n) is 3.81. The molecular weight excluding hydrogens is 425 g/mol. The Morgan fingerprint density at radius 1 is 1.23 bits per heavy atom. The van der Waals surface area contributed by atoms with Gasteiger partial charge >= 0.3 is 5.97 Å². The van der Waals surface area contributed by atoms with Gasteiger partial charge in [-0.3, -0.25) is 4.79 Å². The van der Waals surface area contributed by atoms with E-state index in [0.717, 1.165) is 0 Å². The van der Waals surface area contributed by atoms with Crippen LogP contribution in [0.15, 0.2) is 29.2 Å². The number of halogens is 1. The van der Waals surface area contributed by atoms with Crippen molar-refractivity contribution in [3.63, 3.8) is 0 Å². The van der Waals surface area contributed by atoms with Crippen molar-refractivity contribution >= 4 is 27.6 Å². The number of ether oxygens (including phenoxy) is 1. The number of piperidine rings is 1. The minimum Gasteiger partial charge on any atom is -0.462 e. The summed E-state index contributed by atoms with van der Waals surface area (Å²) in [5, 5.41) is 2.71. The predicted octanol–water partition coefficient (Wildman–Crippen LogP) is 2.99. The molecule has 1 fully saturated rings. The molecule has 3 rings (SSSR count). The third-order valence-electron chi connectivity index (χ3n) is 5.26. The Morgan fingerprint density at radius 3 is 2.55 bits per heavy atom. The van der Waals surface area contributed by atoms with Gasteiger partial charge in [-0.1, -0.05) is 0 Å². The summed E-state index contributed by atoms with van der Waals surface area (Å²) < 4.78 is 46.2. The fourth-order valence-corrected chi connectivity index (χ4v) is 5.75. The summed E-state index contributed by atoms with van der Waals surface area (Å²) in [7, 11) is -4.04. The maximum atomic E-state index is 13.4. The minimum absolute atomic E-state index is 0.00256. The quantitative estimate of drug-likeness (QED) is 0.657. The molecule has 1 saturated heterocycles. The molecule has 2 heterocycles. The highest BCUT2D eigenvalue weighted by atomic mass is 32.2. The van der Waals surface area contributed by atoms with Crippen LogP contribution < -0.4 is 5.32 Å². The number of sulfonamides is 1. The van der Waals surface area contributed by atoms with Gasteiger partial charge in [0.2, 0.25) is 15.9 Å². The predicted molar refractivity (Wildman–Crippen MR) is 113 cm³/mol. The first-order valence-corrected chi connectivity index (χ1v) is 11.5. The van der Waals surface area contributed by atoms with Gasteiger partial charge in [0.1, 0.15) is 16.3 Å². The van der Waals surface area contributed by atoms with Gasteiger partial charge in [0.15, 0.2) is 0 Å². The number of amides is 1. The van der Waals surface area contributed by atoms with Crippen LogP contribution in [0.5, 0.6) is 0 Å². The van der Waals surface area contributed by atoms with E-state index < -0.39 is 27.7 Å². The lowest BCUT2D eigenvalue weighted by Crippen LogP contribution is -2.44. The molecule has 168 valence electrons. The van der Waals surface area contributed by atoms with Crippen molar-refractivity contribution in [3.8, 4) is 0 Å². The number of aromatic amines is 1. The van der Waals surface area contributed by atoms with Gasteiger partial charge in [0.05, 0.1) is 12.5 Å². The largest absolute Gasteiger partial charge is 0.462 e. The van der Waals surface area contributed by atoms with E-state index in [9.17, 15) is 22.4 Å². The number of carbonyl (C=O) groups excluding carboxylic acids is 2. The Kier molecular flexibility index (Phi) is 6.80. The zero-order valence-corrected chi connectivity index (χ0v) is 18.5. The van der Waals surface area contributed by atoms with Gasteiger partial charge in [-0.25, -0.2) is 17.6 Å². The van der Waals surface area contributed by atoms with E-state index in [1.54, 1.807) is 20.8 Å². The SMILES string of the molecule is CCOC(=O)c1c(C)[nH]c(C)c1S(=O)(=O)N1CCCC(C(=O)Nc2ccc(F)cc2)C1. The van der Waals surface area contributed by atoms with Crippen molar-refractivity contribution in [2.24, 2.45) is 5.92 Å². The topological polar surface area (TPSA) is 109 Å². The number of H-pyrrole nitrogens is 1. The summed E-state index contributed by atoms with van der Waals surface area (Å²) in [5.74, 6) is -2.02. The molecule has 0 spiro atoms. The van der Waals surface area contributed by atoms with Crippen molar-refractivity contribution in [1.29, 1.82) is 0 Å². The molecule has 2 N–H and O–H groups in total. The molecule has 1 aromatic carbocycles. The van der Waals surface area contributed by atoms with Crippen molar-refractivity contribution in [3.05, 3.63) is 47.0 Å². The monoisotopic (exact) mass is 451 g/mol. The molecular formula is C21H26FN3O5S. The smallest absolute Gasteiger partial charge is 0.341 e. The summed E-state index contributed by atoms with van der Waals surface area (Å²) in [6.07, 6.45) is 1.02. The molecule has 1 amide bonds. The van der Waals surface area contributed by atoms with Crippen LogP contribution in [0.25, 0.3) is 0 Å². The van der Waals surface area contributed by atoms with E-state index in [4.69, 9.17) is 4.74 Å². The fraction of sp³-hybridized carbons (Fsp3) is 0.429. The van der Waals surface area contributed by atoms with E-state index in [1.165, 1.54) is 28.6 Å². The number of benzene rings is 1. The second-order valence-corrected chi connectivity index (χ2v) is 9.37. The van der Waals surface area contributed by atoms with E-state index in [1.807, 2.05) is 0 Å². The molecule has 8 nitrogen and oxygen atoms in total. The maximum Gasteiger partial charge on any atom is 0.341 e. The van der Waals surface area contributed by atoms with E-state index in [2.05, 4.69) is 10.3 Å². The number of hydrogen-bond acceptors (Lipinski definition) is 5. The standard InChI is InChI=1S/C21H26FN3O5S/c1-4-30-21(27)18-13(2)23-14(3)19(18)31(28,29)25-11-5-6-15(12-25)20(26)24-17-9-7-16(22)8-10-17/h7-10,15,23H,4-6,11-12H2,1-3H3,(H,24,26). The summed E-state index contributed by atoms with van der Waals surface area (Å²) in [4.78, 5) is 27.9. The number of nitrogens with zero attached hydrogens (tertiary/aromatic N) is 1. The van der Waals surface area contributed by atoms with Gasteiger partial charge in [0, 0.05) is 30.2 Å². The number of nitrogens with one attached hydrogen (secondary N) is 2. The number of anilines is 1. The van der Waals surface area contributed by atoms with Crippen molar-refractivity contribution in [1.82, 2.24) is 9.29 Å². The zero-order chi connectivity index (χ0) is 22.8. The first-order valence-electron chi connectivity index (χ1n) is 10.1. The second kappa shape index (κ2) is 9.19. The van der Waals surface area contributed by atoms with Gasteiger partial charge < -0.3 is 15.0 Å². The Bertz CT molecular complexity index is 1080.